The highest BCUT2D eigenvalue weighted by atomic mass is 16.5. The van der Waals surface area contributed by atoms with Gasteiger partial charge in [-0.25, -0.2) is 0 Å². The highest BCUT2D eigenvalue weighted by Crippen LogP contribution is 2.17. The third-order valence-corrected chi connectivity index (χ3v) is 3.58. The number of likely N-dealkylation sites (N-methyl/N-ethyl adjacent to an activating group) is 2. The van der Waals surface area contributed by atoms with Gasteiger partial charge in [0.15, 0.2) is 5.78 Å². The van der Waals surface area contributed by atoms with E-state index in [-0.39, 0.29) is 11.8 Å². The molecular weight excluding hydrogens is 240 g/mol. The fraction of sp³-hybridized carbons (Fsp3) is 0.533. The Balaban J connectivity index is 2.16. The number of ether oxygens (including phenoxy) is 1. The lowest BCUT2D eigenvalue weighted by molar-refractivity contribution is 0.0686. The van der Waals surface area contributed by atoms with Gasteiger partial charge in [-0.1, -0.05) is 12.1 Å². The van der Waals surface area contributed by atoms with E-state index in [0.717, 1.165) is 30.9 Å². The Morgan fingerprint density at radius 3 is 2.89 bits per heavy atom. The summed E-state index contributed by atoms with van der Waals surface area (Å²) >= 11 is 0. The zero-order valence-corrected chi connectivity index (χ0v) is 11.9. The predicted octanol–water partition coefficient (Wildman–Crippen LogP) is 1.51. The first-order valence-corrected chi connectivity index (χ1v) is 6.77. The van der Waals surface area contributed by atoms with Crippen LogP contribution in [0.1, 0.15) is 17.3 Å². The lowest BCUT2D eigenvalue weighted by Crippen LogP contribution is -2.53. The summed E-state index contributed by atoms with van der Waals surface area (Å²) in [6, 6.07) is 7.42. The molecule has 0 N–H and O–H groups in total. The number of carbonyl (C=O) groups is 1. The average Bonchev–Trinajstić information content (AvgIpc) is 2.41. The maximum Gasteiger partial charge on any atom is 0.181 e. The van der Waals surface area contributed by atoms with Gasteiger partial charge in [-0.3, -0.25) is 9.69 Å². The van der Waals surface area contributed by atoms with E-state index in [9.17, 15) is 4.79 Å². The Bertz CT molecular complexity index is 448. The minimum absolute atomic E-state index is 0.0596. The van der Waals surface area contributed by atoms with E-state index in [0.29, 0.717) is 6.61 Å². The van der Waals surface area contributed by atoms with Crippen molar-refractivity contribution in [1.29, 1.82) is 0 Å². The van der Waals surface area contributed by atoms with E-state index in [1.165, 1.54) is 0 Å². The Kier molecular flexibility index (Phi) is 4.56. The van der Waals surface area contributed by atoms with Crippen LogP contribution in [0.2, 0.25) is 0 Å². The number of ketones is 1. The van der Waals surface area contributed by atoms with Gasteiger partial charge in [-0.05, 0) is 33.2 Å². The first-order valence-electron chi connectivity index (χ1n) is 6.77. The highest BCUT2D eigenvalue weighted by molar-refractivity contribution is 6.00. The smallest absolute Gasteiger partial charge is 0.181 e. The van der Waals surface area contributed by atoms with Crippen LogP contribution < -0.4 is 4.74 Å². The molecule has 1 aliphatic heterocycles. The van der Waals surface area contributed by atoms with Crippen LogP contribution in [0.25, 0.3) is 0 Å². The molecule has 0 aromatic heterocycles. The molecule has 19 heavy (non-hydrogen) atoms. The monoisotopic (exact) mass is 262 g/mol. The molecule has 0 aliphatic carbocycles. The molecule has 1 heterocycles. The molecule has 0 spiro atoms. The summed E-state index contributed by atoms with van der Waals surface area (Å²) in [5.41, 5.74) is 0.734. The highest BCUT2D eigenvalue weighted by Gasteiger charge is 2.29. The molecule has 0 saturated carbocycles. The molecular formula is C15H22N2O2. The molecule has 4 nitrogen and oxygen atoms in total. The van der Waals surface area contributed by atoms with Crippen molar-refractivity contribution >= 4 is 5.78 Å². The second-order valence-corrected chi connectivity index (χ2v) is 5.08. The van der Waals surface area contributed by atoms with Crippen molar-refractivity contribution in [2.45, 2.75) is 13.0 Å². The largest absolute Gasteiger partial charge is 0.494 e. The van der Waals surface area contributed by atoms with Crippen molar-refractivity contribution in [3.8, 4) is 5.75 Å². The minimum Gasteiger partial charge on any atom is -0.494 e. The van der Waals surface area contributed by atoms with Crippen molar-refractivity contribution in [3.63, 3.8) is 0 Å². The SMILES string of the molecule is CCOc1cccc(C(=O)C2CN(C)CCN2C)c1. The molecule has 1 atom stereocenters. The third-order valence-electron chi connectivity index (χ3n) is 3.58. The van der Waals surface area contributed by atoms with Crippen LogP contribution in [0.5, 0.6) is 5.75 Å². The predicted molar refractivity (Wildman–Crippen MR) is 75.9 cm³/mol. The summed E-state index contributed by atoms with van der Waals surface area (Å²) in [4.78, 5) is 16.9. The molecule has 1 saturated heterocycles. The van der Waals surface area contributed by atoms with E-state index < -0.39 is 0 Å². The lowest BCUT2D eigenvalue weighted by Gasteiger charge is -2.36. The van der Waals surface area contributed by atoms with Crippen molar-refractivity contribution in [2.75, 3.05) is 40.3 Å². The van der Waals surface area contributed by atoms with E-state index in [4.69, 9.17) is 4.74 Å². The van der Waals surface area contributed by atoms with E-state index >= 15 is 0 Å². The van der Waals surface area contributed by atoms with Gasteiger partial charge < -0.3 is 9.64 Å². The molecule has 4 heteroatoms. The first kappa shape index (κ1) is 14.0. The van der Waals surface area contributed by atoms with Crippen molar-refractivity contribution in [3.05, 3.63) is 29.8 Å². The maximum atomic E-state index is 12.6. The summed E-state index contributed by atoms with van der Waals surface area (Å²) < 4.78 is 5.46. The molecule has 1 fully saturated rings. The minimum atomic E-state index is -0.0596. The van der Waals surface area contributed by atoms with Crippen LogP contribution in [0.4, 0.5) is 0 Å². The molecule has 2 rings (SSSR count). The van der Waals surface area contributed by atoms with Gasteiger partial charge in [0.1, 0.15) is 5.75 Å². The summed E-state index contributed by atoms with van der Waals surface area (Å²) in [7, 11) is 4.08. The molecule has 0 radical (unpaired) electrons. The maximum absolute atomic E-state index is 12.6. The zero-order valence-electron chi connectivity index (χ0n) is 11.9. The molecule has 104 valence electrons. The van der Waals surface area contributed by atoms with Crippen LogP contribution in [0, 0.1) is 0 Å². The van der Waals surface area contributed by atoms with Crippen molar-refractivity contribution < 1.29 is 9.53 Å². The zero-order chi connectivity index (χ0) is 13.8. The quantitative estimate of drug-likeness (QED) is 0.770. The van der Waals surface area contributed by atoms with Crippen LogP contribution in [-0.2, 0) is 0 Å². The number of hydrogen-bond acceptors (Lipinski definition) is 4. The Labute approximate surface area is 115 Å². The summed E-state index contributed by atoms with van der Waals surface area (Å²) in [6.45, 7) is 5.29. The number of benzene rings is 1. The van der Waals surface area contributed by atoms with Gasteiger partial charge in [0.25, 0.3) is 0 Å². The van der Waals surface area contributed by atoms with Gasteiger partial charge in [0.2, 0.25) is 0 Å². The number of nitrogens with zero attached hydrogens (tertiary/aromatic N) is 2. The summed E-state index contributed by atoms with van der Waals surface area (Å²) in [6.07, 6.45) is 0. The van der Waals surface area contributed by atoms with Crippen molar-refractivity contribution in [1.82, 2.24) is 9.80 Å². The van der Waals surface area contributed by atoms with Gasteiger partial charge in [0.05, 0.1) is 12.6 Å². The van der Waals surface area contributed by atoms with E-state index in [1.807, 2.05) is 38.2 Å². The number of Topliss-reactive ketones (excluding diaryl/α,β-unsaturated/α-hetero) is 1. The molecule has 1 aliphatic rings. The third kappa shape index (κ3) is 3.33. The van der Waals surface area contributed by atoms with Gasteiger partial charge in [-0.2, -0.15) is 0 Å². The fourth-order valence-electron chi connectivity index (χ4n) is 2.39. The Morgan fingerprint density at radius 2 is 2.16 bits per heavy atom. The Hall–Kier alpha value is -1.39. The topological polar surface area (TPSA) is 32.8 Å². The van der Waals surface area contributed by atoms with E-state index in [1.54, 1.807) is 0 Å². The number of hydrogen-bond donors (Lipinski definition) is 0. The van der Waals surface area contributed by atoms with Gasteiger partial charge in [0, 0.05) is 25.2 Å². The molecule has 1 unspecified atom stereocenters. The normalized spacial score (nSPS) is 21.3. The second-order valence-electron chi connectivity index (χ2n) is 5.08. The first-order chi connectivity index (χ1) is 9.11. The summed E-state index contributed by atoms with van der Waals surface area (Å²) in [5, 5.41) is 0. The Morgan fingerprint density at radius 1 is 1.37 bits per heavy atom. The average molecular weight is 262 g/mol. The number of piperazine rings is 1. The van der Waals surface area contributed by atoms with Crippen LogP contribution in [0.15, 0.2) is 24.3 Å². The molecule has 0 bridgehead atoms. The summed E-state index contributed by atoms with van der Waals surface area (Å²) in [5.74, 6) is 0.941. The van der Waals surface area contributed by atoms with Gasteiger partial charge >= 0.3 is 0 Å². The van der Waals surface area contributed by atoms with Crippen molar-refractivity contribution in [2.24, 2.45) is 0 Å². The van der Waals surface area contributed by atoms with Crippen LogP contribution >= 0.6 is 0 Å². The van der Waals surface area contributed by atoms with Gasteiger partial charge in [-0.15, -0.1) is 0 Å². The lowest BCUT2D eigenvalue weighted by atomic mass is 10.0. The number of rotatable bonds is 4. The molecule has 1 aromatic rings. The molecule has 0 amide bonds. The fourth-order valence-corrected chi connectivity index (χ4v) is 2.39. The van der Waals surface area contributed by atoms with Crippen LogP contribution in [0.3, 0.4) is 0 Å². The number of carbonyl (C=O) groups excluding carboxylic acids is 1. The molecule has 1 aromatic carbocycles. The van der Waals surface area contributed by atoms with E-state index in [2.05, 4.69) is 16.8 Å². The van der Waals surface area contributed by atoms with Crippen LogP contribution in [-0.4, -0.2) is 62.0 Å². The standard InChI is InChI=1S/C15H22N2O2/c1-4-19-13-7-5-6-12(10-13)15(18)14-11-16(2)8-9-17(14)3/h5-7,10,14H,4,8-9,11H2,1-3H3. The second kappa shape index (κ2) is 6.17.